The lowest BCUT2D eigenvalue weighted by molar-refractivity contribution is 0.0269. The number of hydrogen-bond acceptors (Lipinski definition) is 6. The summed E-state index contributed by atoms with van der Waals surface area (Å²) < 4.78 is 42.1. The summed E-state index contributed by atoms with van der Waals surface area (Å²) in [5, 5.41) is 18.3. The molecule has 2 saturated carbocycles. The number of carbonyl (C=O) groups excluding carboxylic acids is 1. The lowest BCUT2D eigenvalue weighted by atomic mass is 9.87. The highest BCUT2D eigenvalue weighted by Gasteiger charge is 2.52. The summed E-state index contributed by atoms with van der Waals surface area (Å²) in [5.74, 6) is -1.40. The van der Waals surface area contributed by atoms with Crippen molar-refractivity contribution in [2.24, 2.45) is 18.9 Å². The number of nitrogen functional groups attached to an aromatic ring is 1. The van der Waals surface area contributed by atoms with E-state index in [4.69, 9.17) is 17.3 Å². The van der Waals surface area contributed by atoms with Crippen LogP contribution in [0.4, 0.5) is 24.7 Å². The Bertz CT molecular complexity index is 1250. The van der Waals surface area contributed by atoms with Gasteiger partial charge in [0.15, 0.2) is 17.9 Å². The quantitative estimate of drug-likeness (QED) is 0.426. The number of pyridine rings is 1. The predicted octanol–water partition coefficient (Wildman–Crippen LogP) is 4.80. The lowest BCUT2D eigenvalue weighted by Crippen LogP contribution is -2.26. The number of fused-ring (bicyclic) bond motifs is 1. The summed E-state index contributed by atoms with van der Waals surface area (Å²) in [4.78, 5) is 14.8. The minimum absolute atomic E-state index is 0.0605. The Morgan fingerprint density at radius 3 is 2.31 bits per heavy atom. The van der Waals surface area contributed by atoms with Gasteiger partial charge in [0.25, 0.3) is 0 Å². The largest absolute Gasteiger partial charge is 0.388 e. The van der Waals surface area contributed by atoms with Crippen molar-refractivity contribution in [2.45, 2.75) is 37.2 Å². The minimum Gasteiger partial charge on any atom is -0.388 e. The van der Waals surface area contributed by atoms with Crippen molar-refractivity contribution < 1.29 is 23.1 Å². The maximum absolute atomic E-state index is 14.1. The molecule has 5 rings (SSSR count). The van der Waals surface area contributed by atoms with Crippen molar-refractivity contribution in [1.82, 2.24) is 14.8 Å². The minimum atomic E-state index is -1.52. The van der Waals surface area contributed by atoms with Gasteiger partial charge < -0.3 is 16.2 Å². The number of nitrogens with two attached hydrogens (primary N) is 1. The molecule has 2 heterocycles. The molecule has 2 fully saturated rings. The molecule has 0 spiro atoms. The molecule has 2 aliphatic rings. The molecule has 0 aliphatic heterocycles. The fraction of sp³-hybridized carbons (Fsp3) is 0.400. The van der Waals surface area contributed by atoms with Gasteiger partial charge in [-0.05, 0) is 55.7 Å². The molecule has 2 unspecified atom stereocenters. The van der Waals surface area contributed by atoms with E-state index < -0.39 is 17.2 Å². The third-order valence-corrected chi connectivity index (χ3v) is 7.52. The molecular weight excluding hydrogens is 495 g/mol. The van der Waals surface area contributed by atoms with Crippen LogP contribution in [-0.4, -0.2) is 33.2 Å². The van der Waals surface area contributed by atoms with Gasteiger partial charge in [-0.15, -0.1) is 0 Å². The summed E-state index contributed by atoms with van der Waals surface area (Å²) >= 11 is 5.48. The van der Waals surface area contributed by atoms with Gasteiger partial charge in [-0.3, -0.25) is 14.5 Å². The molecular formula is C25H27ClF3N5O2. The molecule has 2 atom stereocenters. The van der Waals surface area contributed by atoms with Gasteiger partial charge in [-0.25, -0.2) is 13.2 Å². The van der Waals surface area contributed by atoms with E-state index in [2.05, 4.69) is 15.4 Å². The second-order valence-corrected chi connectivity index (χ2v) is 9.82. The van der Waals surface area contributed by atoms with E-state index in [1.54, 1.807) is 20.2 Å². The molecule has 1 aromatic carbocycles. The lowest BCUT2D eigenvalue weighted by Gasteiger charge is -2.25. The third kappa shape index (κ3) is 4.79. The predicted molar refractivity (Wildman–Crippen MR) is 130 cm³/mol. The van der Waals surface area contributed by atoms with Crippen molar-refractivity contribution in [1.29, 1.82) is 0 Å². The molecule has 36 heavy (non-hydrogen) atoms. The molecule has 7 nitrogen and oxygen atoms in total. The van der Waals surface area contributed by atoms with Crippen molar-refractivity contribution >= 4 is 29.4 Å². The van der Waals surface area contributed by atoms with Gasteiger partial charge in [0.2, 0.25) is 0 Å². The molecule has 0 amide bonds. The Kier molecular flexibility index (Phi) is 7.28. The number of aryl methyl sites for hydroxylation is 1. The topological polar surface area (TPSA) is 106 Å². The second kappa shape index (κ2) is 10.1. The molecule has 2 aliphatic carbocycles. The normalized spacial score (nSPS) is 24.7. The highest BCUT2D eigenvalue weighted by molar-refractivity contribution is 6.31. The smallest absolute Gasteiger partial charge is 0.155 e. The van der Waals surface area contributed by atoms with E-state index >= 15 is 0 Å². The molecule has 192 valence electrons. The van der Waals surface area contributed by atoms with Gasteiger partial charge in [-0.2, -0.15) is 5.10 Å². The fourth-order valence-electron chi connectivity index (χ4n) is 5.59. The number of nitrogens with one attached hydrogen (secondary N) is 1. The van der Waals surface area contributed by atoms with E-state index in [0.29, 0.717) is 29.9 Å². The fourth-order valence-corrected chi connectivity index (χ4v) is 5.78. The molecule has 4 N–H and O–H groups in total. The van der Waals surface area contributed by atoms with E-state index in [1.807, 2.05) is 0 Å². The second-order valence-electron chi connectivity index (χ2n) is 9.41. The number of hydrogen-bond donors (Lipinski definition) is 3. The van der Waals surface area contributed by atoms with Crippen LogP contribution in [0.25, 0.3) is 0 Å². The SMILES string of the molecule is CNc1ccc(F)c(Cl)c1.Cn1nc(C2CC3CC(O)(c4c(F)cncc4F)CC3C2)c(C=O)c1N. The Hall–Kier alpha value is -3.11. The average molecular weight is 522 g/mol. The number of halogens is 4. The number of aldehydes is 1. The standard InChI is InChI=1S/C18H20F2N4O2.C7H7ClFN/c1-24-17(21)12(8-25)16(23-24)9-2-10-4-18(26,5-11(10)3-9)15-13(19)6-22-7-14(15)20;1-10-5-2-3-7(9)6(8)4-5/h6-11,26H,2-5,21H2,1H3;2-4,10H,1H3. The molecule has 0 radical (unpaired) electrons. The van der Waals surface area contributed by atoms with Crippen LogP contribution in [0, 0.1) is 29.3 Å². The van der Waals surface area contributed by atoms with Crippen LogP contribution < -0.4 is 11.1 Å². The van der Waals surface area contributed by atoms with Crippen LogP contribution in [0.2, 0.25) is 5.02 Å². The zero-order valence-electron chi connectivity index (χ0n) is 19.8. The van der Waals surface area contributed by atoms with Crippen LogP contribution in [-0.2, 0) is 12.6 Å². The summed E-state index contributed by atoms with van der Waals surface area (Å²) in [6, 6.07) is 4.49. The summed E-state index contributed by atoms with van der Waals surface area (Å²) in [5.41, 5.74) is 5.99. The number of anilines is 2. The van der Waals surface area contributed by atoms with E-state index in [-0.39, 0.29) is 47.0 Å². The zero-order chi connectivity index (χ0) is 26.2. The molecule has 3 aromatic rings. The summed E-state index contributed by atoms with van der Waals surface area (Å²) in [6.45, 7) is 0. The Morgan fingerprint density at radius 2 is 1.78 bits per heavy atom. The Balaban J connectivity index is 0.000000256. The van der Waals surface area contributed by atoms with Gasteiger partial charge >= 0.3 is 0 Å². The molecule has 11 heteroatoms. The van der Waals surface area contributed by atoms with E-state index in [0.717, 1.165) is 24.4 Å². The highest BCUT2D eigenvalue weighted by Crippen LogP contribution is 2.57. The average Bonchev–Trinajstić information content (AvgIpc) is 3.45. The maximum Gasteiger partial charge on any atom is 0.155 e. The third-order valence-electron chi connectivity index (χ3n) is 7.23. The number of carbonyl (C=O) groups is 1. The van der Waals surface area contributed by atoms with Crippen molar-refractivity contribution in [3.63, 3.8) is 0 Å². The van der Waals surface area contributed by atoms with Crippen LogP contribution in [0.5, 0.6) is 0 Å². The number of aliphatic hydroxyl groups is 1. The van der Waals surface area contributed by atoms with Crippen molar-refractivity contribution in [3.05, 3.63) is 69.9 Å². The first kappa shape index (κ1) is 26.0. The molecule has 0 saturated heterocycles. The van der Waals surface area contributed by atoms with Crippen molar-refractivity contribution in [3.8, 4) is 0 Å². The Labute approximate surface area is 211 Å². The first-order valence-electron chi connectivity index (χ1n) is 11.5. The zero-order valence-corrected chi connectivity index (χ0v) is 20.6. The summed E-state index contributed by atoms with van der Waals surface area (Å²) in [7, 11) is 3.44. The van der Waals surface area contributed by atoms with Gasteiger partial charge in [0.1, 0.15) is 11.6 Å². The van der Waals surface area contributed by atoms with Crippen LogP contribution in [0.1, 0.15) is 53.2 Å². The number of nitrogens with zero attached hydrogens (tertiary/aromatic N) is 3. The maximum atomic E-state index is 14.1. The van der Waals surface area contributed by atoms with E-state index in [1.165, 1.54) is 16.8 Å². The molecule has 0 bridgehead atoms. The first-order valence-corrected chi connectivity index (χ1v) is 11.9. The monoisotopic (exact) mass is 521 g/mol. The van der Waals surface area contributed by atoms with Gasteiger partial charge in [0.05, 0.1) is 39.8 Å². The number of benzene rings is 1. The van der Waals surface area contributed by atoms with E-state index in [9.17, 15) is 23.1 Å². The Morgan fingerprint density at radius 1 is 1.17 bits per heavy atom. The first-order chi connectivity index (χ1) is 17.1. The van der Waals surface area contributed by atoms with Gasteiger partial charge in [0, 0.05) is 25.7 Å². The number of rotatable bonds is 4. The van der Waals surface area contributed by atoms with Crippen LogP contribution in [0.15, 0.2) is 30.6 Å². The van der Waals surface area contributed by atoms with Crippen LogP contribution in [0.3, 0.4) is 0 Å². The van der Waals surface area contributed by atoms with Gasteiger partial charge in [-0.1, -0.05) is 11.6 Å². The van der Waals surface area contributed by atoms with Crippen molar-refractivity contribution in [2.75, 3.05) is 18.1 Å². The van der Waals surface area contributed by atoms with Crippen LogP contribution >= 0.6 is 11.6 Å². The molecule has 2 aromatic heterocycles. The number of aromatic nitrogens is 3. The summed E-state index contributed by atoms with van der Waals surface area (Å²) in [6.07, 6.45) is 4.57. The highest BCUT2D eigenvalue weighted by atomic mass is 35.5.